The third-order valence-corrected chi connectivity index (χ3v) is 5.23. The fraction of sp³-hybridized carbons (Fsp3) is 0.692. The molecular formula is C13H21N3O4S. The monoisotopic (exact) mass is 315 g/mol. The minimum absolute atomic E-state index is 0.0889. The van der Waals surface area contributed by atoms with Crippen molar-refractivity contribution in [2.45, 2.75) is 57.1 Å². The molecule has 1 aliphatic heterocycles. The molecule has 7 nitrogen and oxygen atoms in total. The number of rotatable bonds is 6. The second kappa shape index (κ2) is 6.15. The van der Waals surface area contributed by atoms with Crippen LogP contribution >= 0.6 is 0 Å². The molecule has 0 spiro atoms. The molecule has 0 fully saturated rings. The Morgan fingerprint density at radius 1 is 1.52 bits per heavy atom. The van der Waals surface area contributed by atoms with Crippen LogP contribution in [-0.4, -0.2) is 35.1 Å². The second-order valence-corrected chi connectivity index (χ2v) is 7.13. The molecule has 1 aromatic heterocycles. The Labute approximate surface area is 124 Å². The zero-order valence-corrected chi connectivity index (χ0v) is 13.1. The van der Waals surface area contributed by atoms with Gasteiger partial charge in [0, 0.05) is 19.2 Å². The highest BCUT2D eigenvalue weighted by Gasteiger charge is 2.31. The highest BCUT2D eigenvalue weighted by Crippen LogP contribution is 2.18. The summed E-state index contributed by atoms with van der Waals surface area (Å²) >= 11 is 0. The van der Waals surface area contributed by atoms with E-state index in [2.05, 4.69) is 9.71 Å². The lowest BCUT2D eigenvalue weighted by Crippen LogP contribution is -2.45. The Kier molecular flexibility index (Phi) is 4.67. The van der Waals surface area contributed by atoms with E-state index in [0.29, 0.717) is 6.42 Å². The topological polar surface area (TPSA) is 101 Å². The van der Waals surface area contributed by atoms with Crippen LogP contribution in [0.5, 0.6) is 0 Å². The number of hydrogen-bond acceptors (Lipinski definition) is 4. The summed E-state index contributed by atoms with van der Waals surface area (Å²) in [5.41, 5.74) is 0. The number of nitrogens with one attached hydrogen (secondary N) is 1. The summed E-state index contributed by atoms with van der Waals surface area (Å²) in [7, 11) is -3.92. The number of carboxylic acids is 1. The van der Waals surface area contributed by atoms with Crippen LogP contribution in [0.25, 0.3) is 0 Å². The van der Waals surface area contributed by atoms with Crippen molar-refractivity contribution >= 4 is 16.0 Å². The molecule has 1 aliphatic rings. The number of aromatic nitrogens is 2. The lowest BCUT2D eigenvalue weighted by atomic mass is 10.0. The number of fused-ring (bicyclic) bond motifs is 1. The molecule has 21 heavy (non-hydrogen) atoms. The first-order valence-corrected chi connectivity index (χ1v) is 8.64. The van der Waals surface area contributed by atoms with Crippen LogP contribution in [0.1, 0.15) is 38.9 Å². The average molecular weight is 315 g/mol. The van der Waals surface area contributed by atoms with E-state index in [4.69, 9.17) is 0 Å². The summed E-state index contributed by atoms with van der Waals surface area (Å²) in [6.07, 6.45) is 4.81. The molecule has 0 saturated heterocycles. The van der Waals surface area contributed by atoms with E-state index in [0.717, 1.165) is 31.6 Å². The van der Waals surface area contributed by atoms with Gasteiger partial charge in [-0.15, -0.1) is 0 Å². The number of imidazole rings is 1. The lowest BCUT2D eigenvalue weighted by molar-refractivity contribution is -0.140. The first-order chi connectivity index (χ1) is 9.85. The summed E-state index contributed by atoms with van der Waals surface area (Å²) in [6.45, 7) is 4.29. The smallest absolute Gasteiger partial charge is 0.322 e. The Balaban J connectivity index is 2.24. The van der Waals surface area contributed by atoms with Crippen LogP contribution < -0.4 is 4.72 Å². The minimum Gasteiger partial charge on any atom is -0.480 e. The van der Waals surface area contributed by atoms with Gasteiger partial charge >= 0.3 is 5.97 Å². The fourth-order valence-corrected chi connectivity index (χ4v) is 3.67. The van der Waals surface area contributed by atoms with Crippen LogP contribution in [0.15, 0.2) is 11.2 Å². The summed E-state index contributed by atoms with van der Waals surface area (Å²) in [5.74, 6) is -0.719. The molecule has 0 radical (unpaired) electrons. The van der Waals surface area contributed by atoms with Gasteiger partial charge in [-0.1, -0.05) is 20.3 Å². The summed E-state index contributed by atoms with van der Waals surface area (Å²) < 4.78 is 28.8. The van der Waals surface area contributed by atoms with E-state index < -0.39 is 22.0 Å². The fourth-order valence-electron chi connectivity index (χ4n) is 2.39. The van der Waals surface area contributed by atoms with Crippen molar-refractivity contribution in [2.75, 3.05) is 0 Å². The van der Waals surface area contributed by atoms with Crippen LogP contribution in [0, 0.1) is 5.92 Å². The number of nitrogens with zero attached hydrogens (tertiary/aromatic N) is 2. The molecule has 8 heteroatoms. The highest BCUT2D eigenvalue weighted by atomic mass is 32.2. The van der Waals surface area contributed by atoms with Crippen molar-refractivity contribution in [3.63, 3.8) is 0 Å². The Morgan fingerprint density at radius 3 is 2.81 bits per heavy atom. The predicted molar refractivity (Wildman–Crippen MR) is 76.4 cm³/mol. The van der Waals surface area contributed by atoms with Crippen LogP contribution in [0.2, 0.25) is 0 Å². The maximum atomic E-state index is 12.3. The molecule has 0 aromatic carbocycles. The van der Waals surface area contributed by atoms with Gasteiger partial charge in [-0.05, 0) is 18.8 Å². The van der Waals surface area contributed by atoms with Crippen molar-refractivity contribution in [1.29, 1.82) is 0 Å². The van der Waals surface area contributed by atoms with E-state index in [1.807, 2.05) is 11.5 Å². The molecule has 0 amide bonds. The number of sulfonamides is 1. The summed E-state index contributed by atoms with van der Waals surface area (Å²) in [4.78, 5) is 15.4. The van der Waals surface area contributed by atoms with Crippen LogP contribution in [0.3, 0.4) is 0 Å². The number of carboxylic acid groups (broad SMARTS) is 1. The molecule has 2 rings (SSSR count). The third kappa shape index (κ3) is 3.44. The number of aryl methyl sites for hydroxylation is 2. The van der Waals surface area contributed by atoms with Crippen LogP contribution in [-0.2, 0) is 27.8 Å². The average Bonchev–Trinajstić information content (AvgIpc) is 2.88. The van der Waals surface area contributed by atoms with Gasteiger partial charge < -0.3 is 9.67 Å². The van der Waals surface area contributed by atoms with Crippen LogP contribution in [0.4, 0.5) is 0 Å². The molecule has 2 unspecified atom stereocenters. The number of hydrogen-bond donors (Lipinski definition) is 2. The van der Waals surface area contributed by atoms with Gasteiger partial charge in [0.05, 0.1) is 0 Å². The molecule has 2 atom stereocenters. The normalized spacial score (nSPS) is 18.0. The molecule has 2 heterocycles. The Hall–Kier alpha value is -1.41. The van der Waals surface area contributed by atoms with Gasteiger partial charge in [-0.3, -0.25) is 4.79 Å². The van der Waals surface area contributed by atoms with E-state index in [-0.39, 0.29) is 10.9 Å². The van der Waals surface area contributed by atoms with E-state index in [1.54, 1.807) is 6.92 Å². The van der Waals surface area contributed by atoms with Gasteiger partial charge in [0.1, 0.15) is 11.9 Å². The van der Waals surface area contributed by atoms with E-state index in [1.165, 1.54) is 6.20 Å². The van der Waals surface area contributed by atoms with Gasteiger partial charge in [-0.2, -0.15) is 4.72 Å². The zero-order valence-electron chi connectivity index (χ0n) is 12.2. The molecule has 1 aromatic rings. The maximum absolute atomic E-state index is 12.3. The summed E-state index contributed by atoms with van der Waals surface area (Å²) in [5, 5.41) is 9.11. The highest BCUT2D eigenvalue weighted by molar-refractivity contribution is 7.89. The SMILES string of the molecule is CCC(C)C(NS(=O)(=O)c1cn2c(n1)CCCC2)C(=O)O. The quantitative estimate of drug-likeness (QED) is 0.815. The molecular weight excluding hydrogens is 294 g/mol. The van der Waals surface area contributed by atoms with Gasteiger partial charge in [0.15, 0.2) is 5.03 Å². The number of aliphatic carboxylic acids is 1. The standard InChI is InChI=1S/C13H21N3O4S/c1-3-9(2)12(13(17)18)15-21(19,20)11-8-16-7-5-4-6-10(16)14-11/h8-9,12,15H,3-7H2,1-2H3,(H,17,18). The number of carbonyl (C=O) groups is 1. The van der Waals surface area contributed by atoms with Gasteiger partial charge in [0.25, 0.3) is 10.0 Å². The predicted octanol–water partition coefficient (Wildman–Crippen LogP) is 0.997. The van der Waals surface area contributed by atoms with Crippen molar-refractivity contribution in [1.82, 2.24) is 14.3 Å². The third-order valence-electron chi connectivity index (χ3n) is 3.92. The molecule has 0 bridgehead atoms. The minimum atomic E-state index is -3.92. The maximum Gasteiger partial charge on any atom is 0.322 e. The first-order valence-electron chi connectivity index (χ1n) is 7.16. The molecule has 0 aliphatic carbocycles. The molecule has 118 valence electrons. The second-order valence-electron chi connectivity index (χ2n) is 5.47. The summed E-state index contributed by atoms with van der Waals surface area (Å²) in [6, 6.07) is -1.14. The van der Waals surface area contributed by atoms with Crippen molar-refractivity contribution < 1.29 is 18.3 Å². The molecule has 2 N–H and O–H groups in total. The van der Waals surface area contributed by atoms with E-state index >= 15 is 0 Å². The zero-order chi connectivity index (χ0) is 15.6. The van der Waals surface area contributed by atoms with E-state index in [9.17, 15) is 18.3 Å². The van der Waals surface area contributed by atoms with Gasteiger partial charge in [0.2, 0.25) is 0 Å². The lowest BCUT2D eigenvalue weighted by Gasteiger charge is -2.19. The van der Waals surface area contributed by atoms with Crippen molar-refractivity contribution in [2.24, 2.45) is 5.92 Å². The van der Waals surface area contributed by atoms with Crippen molar-refractivity contribution in [3.8, 4) is 0 Å². The largest absolute Gasteiger partial charge is 0.480 e. The first kappa shape index (κ1) is 16.0. The molecule has 0 saturated carbocycles. The Morgan fingerprint density at radius 2 is 2.24 bits per heavy atom. The Bertz CT molecular complexity index is 600. The van der Waals surface area contributed by atoms with Crippen molar-refractivity contribution in [3.05, 3.63) is 12.0 Å². The van der Waals surface area contributed by atoms with Gasteiger partial charge in [-0.25, -0.2) is 13.4 Å².